The fourth-order valence-corrected chi connectivity index (χ4v) is 1.63. The minimum absolute atomic E-state index is 0.0629. The summed E-state index contributed by atoms with van der Waals surface area (Å²) in [5, 5.41) is 14.5. The van der Waals surface area contributed by atoms with Crippen LogP contribution < -0.4 is 10.6 Å². The van der Waals surface area contributed by atoms with Gasteiger partial charge in [0.1, 0.15) is 11.6 Å². The predicted molar refractivity (Wildman–Crippen MR) is 82.8 cm³/mol. The zero-order valence-electron chi connectivity index (χ0n) is 12.7. The first-order valence-corrected chi connectivity index (χ1v) is 6.94. The number of rotatable bonds is 7. The van der Waals surface area contributed by atoms with Crippen LogP contribution in [-0.4, -0.2) is 25.0 Å². The standard InChI is InChI=1S/C16H19N3O3/c1-3-22-15(20)8-9-18-11-13(10-17)16(21)19-14-7-5-4-6-12(14)2/h4-7,11,18H,3,8-9H2,1-2H3,(H,19,21)/b13-11-. The largest absolute Gasteiger partial charge is 0.466 e. The molecule has 0 aliphatic heterocycles. The molecule has 0 heterocycles. The minimum atomic E-state index is -0.500. The van der Waals surface area contributed by atoms with E-state index in [-0.39, 0.29) is 18.0 Å². The van der Waals surface area contributed by atoms with Crippen LogP contribution in [0.5, 0.6) is 0 Å². The number of anilines is 1. The Balaban J connectivity index is 2.54. The van der Waals surface area contributed by atoms with Gasteiger partial charge < -0.3 is 15.4 Å². The van der Waals surface area contributed by atoms with E-state index in [1.807, 2.05) is 25.1 Å². The molecule has 6 nitrogen and oxygen atoms in total. The number of amides is 1. The summed E-state index contributed by atoms with van der Waals surface area (Å²) in [6.07, 6.45) is 1.47. The molecule has 2 N–H and O–H groups in total. The van der Waals surface area contributed by atoms with Crippen LogP contribution in [0.3, 0.4) is 0 Å². The average Bonchev–Trinajstić information content (AvgIpc) is 2.50. The topological polar surface area (TPSA) is 91.2 Å². The molecule has 1 aromatic rings. The molecule has 6 heteroatoms. The van der Waals surface area contributed by atoms with Gasteiger partial charge in [-0.1, -0.05) is 18.2 Å². The summed E-state index contributed by atoms with van der Waals surface area (Å²) in [6.45, 7) is 4.22. The quantitative estimate of drug-likeness (QED) is 0.347. The number of carbonyl (C=O) groups excluding carboxylic acids is 2. The van der Waals surface area contributed by atoms with Crippen molar-refractivity contribution in [2.75, 3.05) is 18.5 Å². The number of benzene rings is 1. The summed E-state index contributed by atoms with van der Waals surface area (Å²) in [5.74, 6) is -0.827. The van der Waals surface area contributed by atoms with E-state index in [0.29, 0.717) is 18.8 Å². The Labute approximate surface area is 129 Å². The summed E-state index contributed by atoms with van der Waals surface area (Å²) >= 11 is 0. The Bertz CT molecular complexity index is 603. The molecular formula is C16H19N3O3. The van der Waals surface area contributed by atoms with Crippen LogP contribution in [0.25, 0.3) is 0 Å². The first kappa shape index (κ1) is 17.2. The van der Waals surface area contributed by atoms with Crippen LogP contribution in [0.1, 0.15) is 18.9 Å². The molecule has 1 amide bonds. The van der Waals surface area contributed by atoms with Gasteiger partial charge in [0.25, 0.3) is 5.91 Å². The monoisotopic (exact) mass is 301 g/mol. The van der Waals surface area contributed by atoms with Crippen molar-refractivity contribution in [1.82, 2.24) is 5.32 Å². The van der Waals surface area contributed by atoms with E-state index < -0.39 is 5.91 Å². The van der Waals surface area contributed by atoms with Crippen molar-refractivity contribution in [3.05, 3.63) is 41.6 Å². The fourth-order valence-electron chi connectivity index (χ4n) is 1.63. The Morgan fingerprint density at radius 1 is 1.36 bits per heavy atom. The van der Waals surface area contributed by atoms with Crippen molar-refractivity contribution >= 4 is 17.6 Å². The SMILES string of the molecule is CCOC(=O)CCN/C=C(/C#N)C(=O)Nc1ccccc1C. The zero-order valence-corrected chi connectivity index (χ0v) is 12.7. The zero-order chi connectivity index (χ0) is 16.4. The van der Waals surface area contributed by atoms with Crippen LogP contribution >= 0.6 is 0 Å². The second-order valence-electron chi connectivity index (χ2n) is 4.45. The van der Waals surface area contributed by atoms with E-state index >= 15 is 0 Å². The lowest BCUT2D eigenvalue weighted by atomic mass is 10.2. The Morgan fingerprint density at radius 3 is 2.73 bits per heavy atom. The van der Waals surface area contributed by atoms with Gasteiger partial charge in [-0.25, -0.2) is 0 Å². The van der Waals surface area contributed by atoms with Gasteiger partial charge in [0.05, 0.1) is 13.0 Å². The van der Waals surface area contributed by atoms with E-state index in [1.165, 1.54) is 6.20 Å². The molecule has 0 radical (unpaired) electrons. The van der Waals surface area contributed by atoms with Crippen LogP contribution in [-0.2, 0) is 14.3 Å². The number of hydrogen-bond acceptors (Lipinski definition) is 5. The lowest BCUT2D eigenvalue weighted by Crippen LogP contribution is -2.19. The first-order valence-electron chi connectivity index (χ1n) is 6.94. The molecule has 0 fully saturated rings. The van der Waals surface area contributed by atoms with Crippen molar-refractivity contribution in [3.8, 4) is 6.07 Å². The second kappa shape index (κ2) is 9.19. The van der Waals surface area contributed by atoms with Crippen LogP contribution in [0.4, 0.5) is 5.69 Å². The number of aryl methyl sites for hydroxylation is 1. The van der Waals surface area contributed by atoms with Gasteiger partial charge in [-0.2, -0.15) is 5.26 Å². The normalized spacial score (nSPS) is 10.5. The molecule has 0 spiro atoms. The van der Waals surface area contributed by atoms with E-state index in [1.54, 1.807) is 19.1 Å². The molecule has 0 atom stereocenters. The predicted octanol–water partition coefficient (Wildman–Crippen LogP) is 1.88. The van der Waals surface area contributed by atoms with Crippen LogP contribution in [0.15, 0.2) is 36.0 Å². The highest BCUT2D eigenvalue weighted by Crippen LogP contribution is 2.13. The lowest BCUT2D eigenvalue weighted by molar-refractivity contribution is -0.142. The Morgan fingerprint density at radius 2 is 2.09 bits per heavy atom. The number of nitriles is 1. The average molecular weight is 301 g/mol. The molecule has 116 valence electrons. The van der Waals surface area contributed by atoms with E-state index in [4.69, 9.17) is 10.00 Å². The molecular weight excluding hydrogens is 282 g/mol. The number of ether oxygens (including phenoxy) is 1. The molecule has 1 aromatic carbocycles. The molecule has 1 rings (SSSR count). The molecule has 0 unspecified atom stereocenters. The van der Waals surface area contributed by atoms with E-state index in [0.717, 1.165) is 5.56 Å². The summed E-state index contributed by atoms with van der Waals surface area (Å²) in [7, 11) is 0. The number of esters is 1. The number of nitrogens with one attached hydrogen (secondary N) is 2. The summed E-state index contributed by atoms with van der Waals surface area (Å²) in [5.41, 5.74) is 1.50. The van der Waals surface area contributed by atoms with Crippen molar-refractivity contribution in [2.24, 2.45) is 0 Å². The molecule has 0 aliphatic rings. The van der Waals surface area contributed by atoms with Crippen molar-refractivity contribution in [1.29, 1.82) is 5.26 Å². The summed E-state index contributed by atoms with van der Waals surface area (Å²) in [4.78, 5) is 23.1. The highest BCUT2D eigenvalue weighted by atomic mass is 16.5. The molecule has 0 aliphatic carbocycles. The number of carbonyl (C=O) groups is 2. The van der Waals surface area contributed by atoms with Crippen molar-refractivity contribution in [3.63, 3.8) is 0 Å². The minimum Gasteiger partial charge on any atom is -0.466 e. The van der Waals surface area contributed by atoms with Gasteiger partial charge in [-0.05, 0) is 25.5 Å². The first-order chi connectivity index (χ1) is 10.6. The molecule has 22 heavy (non-hydrogen) atoms. The smallest absolute Gasteiger partial charge is 0.307 e. The molecule has 0 aromatic heterocycles. The van der Waals surface area contributed by atoms with Gasteiger partial charge in [-0.3, -0.25) is 9.59 Å². The highest BCUT2D eigenvalue weighted by Gasteiger charge is 2.10. The lowest BCUT2D eigenvalue weighted by Gasteiger charge is -2.07. The Kier molecular flexibility index (Phi) is 7.20. The van der Waals surface area contributed by atoms with E-state index in [9.17, 15) is 9.59 Å². The summed E-state index contributed by atoms with van der Waals surface area (Å²) in [6, 6.07) is 9.12. The van der Waals surface area contributed by atoms with Gasteiger partial charge in [0.2, 0.25) is 0 Å². The number of para-hydroxylation sites is 1. The molecule has 0 saturated heterocycles. The highest BCUT2D eigenvalue weighted by molar-refractivity contribution is 6.06. The second-order valence-corrected chi connectivity index (χ2v) is 4.45. The third-order valence-electron chi connectivity index (χ3n) is 2.78. The molecule has 0 saturated carbocycles. The molecule has 0 bridgehead atoms. The van der Waals surface area contributed by atoms with Crippen molar-refractivity contribution < 1.29 is 14.3 Å². The van der Waals surface area contributed by atoms with E-state index in [2.05, 4.69) is 10.6 Å². The third kappa shape index (κ3) is 5.67. The number of hydrogen-bond donors (Lipinski definition) is 2. The van der Waals surface area contributed by atoms with Gasteiger partial charge in [0, 0.05) is 18.4 Å². The maximum atomic E-state index is 12.0. The maximum Gasteiger partial charge on any atom is 0.307 e. The maximum absolute atomic E-state index is 12.0. The van der Waals surface area contributed by atoms with Crippen LogP contribution in [0.2, 0.25) is 0 Å². The van der Waals surface area contributed by atoms with Crippen molar-refractivity contribution in [2.45, 2.75) is 20.3 Å². The van der Waals surface area contributed by atoms with Crippen LogP contribution in [0, 0.1) is 18.3 Å². The van der Waals surface area contributed by atoms with Gasteiger partial charge >= 0.3 is 5.97 Å². The Hall–Kier alpha value is -2.81. The fraction of sp³-hybridized carbons (Fsp3) is 0.312. The number of nitrogens with zero attached hydrogens (tertiary/aromatic N) is 1. The summed E-state index contributed by atoms with van der Waals surface area (Å²) < 4.78 is 4.77. The van der Waals surface area contributed by atoms with Gasteiger partial charge in [0.15, 0.2) is 0 Å². The van der Waals surface area contributed by atoms with Gasteiger partial charge in [-0.15, -0.1) is 0 Å². The third-order valence-corrected chi connectivity index (χ3v) is 2.78.